The van der Waals surface area contributed by atoms with Gasteiger partial charge in [-0.1, -0.05) is 19.0 Å². The number of carbonyl (C=O) groups excluding carboxylic acids is 2. The van der Waals surface area contributed by atoms with Gasteiger partial charge in [-0.15, -0.1) is 0 Å². The number of nitriles is 1. The molecule has 0 aliphatic rings. The first-order valence-electron chi connectivity index (χ1n) is 8.17. The van der Waals surface area contributed by atoms with Gasteiger partial charge in [0.2, 0.25) is 5.76 Å². The lowest BCUT2D eigenvalue weighted by atomic mass is 10.1. The maximum atomic E-state index is 12.3. The molecule has 0 aliphatic carbocycles. The lowest BCUT2D eigenvalue weighted by Gasteiger charge is -2.17. The van der Waals surface area contributed by atoms with Crippen LogP contribution >= 0.6 is 0 Å². The van der Waals surface area contributed by atoms with Crippen molar-refractivity contribution in [3.05, 3.63) is 41.5 Å². The maximum absolute atomic E-state index is 12.3. The summed E-state index contributed by atoms with van der Waals surface area (Å²) in [6, 6.07) is 6.55. The van der Waals surface area contributed by atoms with Crippen molar-refractivity contribution >= 4 is 17.5 Å². The minimum Gasteiger partial charge on any atom is -0.351 e. The molecule has 0 radical (unpaired) electrons. The lowest BCUT2D eigenvalue weighted by Crippen LogP contribution is -2.42. The molecule has 2 heterocycles. The molecule has 0 fully saturated rings. The summed E-state index contributed by atoms with van der Waals surface area (Å²) in [5.74, 6) is -0.488. The number of amides is 2. The maximum Gasteiger partial charge on any atom is 0.294 e. The Balaban J connectivity index is 2.08. The van der Waals surface area contributed by atoms with E-state index >= 15 is 0 Å². The summed E-state index contributed by atoms with van der Waals surface area (Å²) in [6.45, 7) is 7.25. The number of nitrogens with one attached hydrogen (secondary N) is 2. The summed E-state index contributed by atoms with van der Waals surface area (Å²) in [6.07, 6.45) is 2.11. The number of pyridine rings is 1. The number of rotatable bonds is 6. The summed E-state index contributed by atoms with van der Waals surface area (Å²) >= 11 is 0. The first kappa shape index (κ1) is 19.1. The number of carbonyl (C=O) groups is 2. The first-order chi connectivity index (χ1) is 12.2. The molecule has 2 aromatic heterocycles. The Kier molecular flexibility index (Phi) is 5.72. The highest BCUT2D eigenvalue weighted by molar-refractivity contribution is 6.03. The molecule has 0 atom stereocenters. The van der Waals surface area contributed by atoms with Crippen molar-refractivity contribution in [2.45, 2.75) is 39.7 Å². The van der Waals surface area contributed by atoms with Crippen LogP contribution in [0.5, 0.6) is 0 Å². The van der Waals surface area contributed by atoms with Gasteiger partial charge in [-0.3, -0.25) is 14.6 Å². The number of anilines is 1. The Bertz CT molecular complexity index is 849. The van der Waals surface area contributed by atoms with Gasteiger partial charge in [-0.2, -0.15) is 5.26 Å². The molecule has 0 aliphatic heterocycles. The van der Waals surface area contributed by atoms with Crippen molar-refractivity contribution < 1.29 is 14.1 Å². The zero-order chi connectivity index (χ0) is 19.3. The van der Waals surface area contributed by atoms with Crippen LogP contribution in [0.25, 0.3) is 0 Å². The number of hydrogen-bond donors (Lipinski definition) is 2. The monoisotopic (exact) mass is 355 g/mol. The quantitative estimate of drug-likeness (QED) is 0.821. The van der Waals surface area contributed by atoms with Crippen molar-refractivity contribution in [1.29, 1.82) is 5.26 Å². The largest absolute Gasteiger partial charge is 0.351 e. The van der Waals surface area contributed by atoms with E-state index in [1.807, 2.05) is 19.9 Å². The van der Waals surface area contributed by atoms with Crippen LogP contribution in [0.3, 0.4) is 0 Å². The summed E-state index contributed by atoms with van der Waals surface area (Å²) < 4.78 is 5.06. The molecular formula is C18H21N5O3. The first-order valence-corrected chi connectivity index (χ1v) is 8.17. The highest BCUT2D eigenvalue weighted by atomic mass is 16.5. The third-order valence-electron chi connectivity index (χ3n) is 3.36. The lowest BCUT2D eigenvalue weighted by molar-refractivity contribution is 0.0922. The van der Waals surface area contributed by atoms with Gasteiger partial charge in [-0.05, 0) is 38.3 Å². The van der Waals surface area contributed by atoms with Gasteiger partial charge >= 0.3 is 0 Å². The van der Waals surface area contributed by atoms with Crippen LogP contribution in [0.15, 0.2) is 28.9 Å². The second-order valence-corrected chi connectivity index (χ2v) is 6.86. The van der Waals surface area contributed by atoms with Crippen molar-refractivity contribution in [3.63, 3.8) is 0 Å². The van der Waals surface area contributed by atoms with E-state index < -0.39 is 17.4 Å². The Morgan fingerprint density at radius 2 is 2.04 bits per heavy atom. The van der Waals surface area contributed by atoms with Crippen LogP contribution in [0.2, 0.25) is 0 Å². The molecule has 2 aromatic rings. The Labute approximate surface area is 151 Å². The predicted molar refractivity (Wildman–Crippen MR) is 94.4 cm³/mol. The van der Waals surface area contributed by atoms with E-state index in [0.29, 0.717) is 23.7 Å². The average Bonchev–Trinajstić information content (AvgIpc) is 3.02. The molecule has 0 aromatic carbocycles. The van der Waals surface area contributed by atoms with Gasteiger partial charge in [0.25, 0.3) is 11.8 Å². The topological polar surface area (TPSA) is 121 Å². The number of aromatic nitrogens is 2. The SMILES string of the molecule is CC(C)Cc1cc(C(=O)Nc2ccnc(C(=O)NC(C)(C)C#N)c2)on1. The van der Waals surface area contributed by atoms with Gasteiger partial charge in [-0.25, -0.2) is 0 Å². The third kappa shape index (κ3) is 5.14. The molecule has 8 nitrogen and oxygen atoms in total. The fraction of sp³-hybridized carbons (Fsp3) is 0.389. The summed E-state index contributed by atoms with van der Waals surface area (Å²) in [4.78, 5) is 28.4. The molecule has 0 saturated heterocycles. The molecule has 0 unspecified atom stereocenters. The molecule has 2 amide bonds. The van der Waals surface area contributed by atoms with E-state index in [1.165, 1.54) is 12.3 Å². The van der Waals surface area contributed by atoms with Gasteiger partial charge in [0.1, 0.15) is 11.2 Å². The minimum absolute atomic E-state index is 0.0872. The average molecular weight is 355 g/mol. The molecule has 2 rings (SSSR count). The van der Waals surface area contributed by atoms with E-state index in [1.54, 1.807) is 26.0 Å². The van der Waals surface area contributed by atoms with Crippen molar-refractivity contribution in [2.24, 2.45) is 5.92 Å². The van der Waals surface area contributed by atoms with E-state index in [9.17, 15) is 9.59 Å². The highest BCUT2D eigenvalue weighted by Crippen LogP contribution is 2.14. The minimum atomic E-state index is -1.02. The molecule has 26 heavy (non-hydrogen) atoms. The Morgan fingerprint density at radius 1 is 1.31 bits per heavy atom. The van der Waals surface area contributed by atoms with Crippen molar-refractivity contribution in [1.82, 2.24) is 15.5 Å². The van der Waals surface area contributed by atoms with E-state index in [4.69, 9.17) is 9.78 Å². The highest BCUT2D eigenvalue weighted by Gasteiger charge is 2.21. The van der Waals surface area contributed by atoms with E-state index in [0.717, 1.165) is 0 Å². The third-order valence-corrected chi connectivity index (χ3v) is 3.36. The van der Waals surface area contributed by atoms with Crippen LogP contribution in [0, 0.1) is 17.2 Å². The smallest absolute Gasteiger partial charge is 0.294 e. The summed E-state index contributed by atoms with van der Waals surface area (Å²) in [5, 5.41) is 18.1. The van der Waals surface area contributed by atoms with Crippen LogP contribution in [-0.2, 0) is 6.42 Å². The van der Waals surface area contributed by atoms with Crippen LogP contribution in [0.1, 0.15) is 54.4 Å². The summed E-state index contributed by atoms with van der Waals surface area (Å²) in [7, 11) is 0. The standard InChI is InChI=1S/C18H21N5O3/c1-11(2)7-13-9-15(26-23-13)17(25)21-12-5-6-20-14(8-12)16(24)22-18(3,4)10-19/h5-6,8-9,11H,7H2,1-4H3,(H,22,24)(H,20,21,25). The van der Waals surface area contributed by atoms with Gasteiger partial charge in [0.05, 0.1) is 11.8 Å². The van der Waals surface area contributed by atoms with Gasteiger partial charge in [0, 0.05) is 18.0 Å². The fourth-order valence-electron chi connectivity index (χ4n) is 2.13. The predicted octanol–water partition coefficient (Wildman–Crippen LogP) is 2.55. The molecule has 0 spiro atoms. The van der Waals surface area contributed by atoms with Crippen LogP contribution in [-0.4, -0.2) is 27.5 Å². The molecule has 2 N–H and O–H groups in total. The number of nitrogens with zero attached hydrogens (tertiary/aromatic N) is 3. The van der Waals surface area contributed by atoms with Crippen molar-refractivity contribution in [3.8, 4) is 6.07 Å². The van der Waals surface area contributed by atoms with Crippen LogP contribution in [0.4, 0.5) is 5.69 Å². The van der Waals surface area contributed by atoms with Gasteiger partial charge < -0.3 is 15.2 Å². The second-order valence-electron chi connectivity index (χ2n) is 6.86. The molecule has 0 saturated carbocycles. The van der Waals surface area contributed by atoms with E-state index in [2.05, 4.69) is 20.8 Å². The molecule has 8 heteroatoms. The molecular weight excluding hydrogens is 334 g/mol. The van der Waals surface area contributed by atoms with Crippen molar-refractivity contribution in [2.75, 3.05) is 5.32 Å². The van der Waals surface area contributed by atoms with Crippen LogP contribution < -0.4 is 10.6 Å². The Morgan fingerprint density at radius 3 is 2.69 bits per heavy atom. The molecule has 0 bridgehead atoms. The van der Waals surface area contributed by atoms with Gasteiger partial charge in [0.15, 0.2) is 0 Å². The zero-order valence-electron chi connectivity index (χ0n) is 15.2. The normalized spacial score (nSPS) is 11.1. The molecule has 136 valence electrons. The summed E-state index contributed by atoms with van der Waals surface area (Å²) in [5.41, 5.74) is 0.152. The van der Waals surface area contributed by atoms with E-state index in [-0.39, 0.29) is 11.5 Å². The second kappa shape index (κ2) is 7.78. The zero-order valence-corrected chi connectivity index (χ0v) is 15.2. The fourth-order valence-corrected chi connectivity index (χ4v) is 2.13. The number of hydrogen-bond acceptors (Lipinski definition) is 6. The Hall–Kier alpha value is -3.21.